The smallest absolute Gasteiger partial charge is 0.143 e. The van der Waals surface area contributed by atoms with Crippen molar-refractivity contribution in [3.63, 3.8) is 0 Å². The van der Waals surface area contributed by atoms with Crippen molar-refractivity contribution >= 4 is 109 Å². The Morgan fingerprint density at radius 2 is 0.778 bits per heavy atom. The molecule has 0 fully saturated rings. The van der Waals surface area contributed by atoms with E-state index in [2.05, 4.69) is 216 Å². The lowest BCUT2D eigenvalue weighted by atomic mass is 9.94. The standard InChI is InChI=1S/C60H36N2O/c1-2-14-46-44(12-1)45-13-3-4-15-47(45)53-36-42(32-33-48(46)53)61(41-30-26-38(27-31-41)43-19-11-20-52-51-18-7-10-23-58(51)63-60(43)52)40-28-24-37(25-29-40)39-34-54-49-16-5-8-21-56(49)62-57-22-9-6-17-50(57)55(35-39)59(54)62/h1-36H. The molecule has 14 aromatic rings. The van der Waals surface area contributed by atoms with Gasteiger partial charge in [-0.25, -0.2) is 0 Å². The first-order valence-corrected chi connectivity index (χ1v) is 21.7. The zero-order chi connectivity index (χ0) is 41.2. The lowest BCUT2D eigenvalue weighted by Gasteiger charge is -2.27. The van der Waals surface area contributed by atoms with Gasteiger partial charge in [-0.2, -0.15) is 0 Å². The number of hydrogen-bond donors (Lipinski definition) is 0. The maximum Gasteiger partial charge on any atom is 0.143 e. The summed E-state index contributed by atoms with van der Waals surface area (Å²) in [6.45, 7) is 0. The van der Waals surface area contributed by atoms with Crippen molar-refractivity contribution in [2.75, 3.05) is 4.90 Å². The third-order valence-corrected chi connectivity index (χ3v) is 13.5. The molecule has 0 N–H and O–H groups in total. The monoisotopic (exact) mass is 800 g/mol. The predicted octanol–water partition coefficient (Wildman–Crippen LogP) is 17.0. The molecule has 0 aliphatic rings. The Hall–Kier alpha value is -8.40. The van der Waals surface area contributed by atoms with Crippen molar-refractivity contribution in [1.29, 1.82) is 0 Å². The maximum absolute atomic E-state index is 6.47. The molecule has 0 saturated heterocycles. The van der Waals surface area contributed by atoms with Gasteiger partial charge in [0.15, 0.2) is 0 Å². The summed E-state index contributed by atoms with van der Waals surface area (Å²) in [7, 11) is 0. The van der Waals surface area contributed by atoms with Gasteiger partial charge in [-0.3, -0.25) is 0 Å². The minimum absolute atomic E-state index is 0.906. The fourth-order valence-electron chi connectivity index (χ4n) is 10.7. The van der Waals surface area contributed by atoms with Crippen molar-refractivity contribution in [2.24, 2.45) is 0 Å². The third kappa shape index (κ3) is 4.96. The van der Waals surface area contributed by atoms with E-state index in [-0.39, 0.29) is 0 Å². The maximum atomic E-state index is 6.47. The Morgan fingerprint density at radius 1 is 0.302 bits per heavy atom. The van der Waals surface area contributed by atoms with Gasteiger partial charge in [0.25, 0.3) is 0 Å². The number of nitrogens with zero attached hydrogens (tertiary/aromatic N) is 2. The van der Waals surface area contributed by atoms with Crippen LogP contribution in [0.2, 0.25) is 0 Å². The Labute approximate surface area is 362 Å². The molecule has 0 atom stereocenters. The minimum atomic E-state index is 0.906. The number of aromatic nitrogens is 1. The van der Waals surface area contributed by atoms with Gasteiger partial charge >= 0.3 is 0 Å². The summed E-state index contributed by atoms with van der Waals surface area (Å²) in [6, 6.07) is 79.8. The highest BCUT2D eigenvalue weighted by Gasteiger charge is 2.20. The zero-order valence-corrected chi connectivity index (χ0v) is 34.1. The van der Waals surface area contributed by atoms with Crippen LogP contribution in [0.25, 0.3) is 115 Å². The summed E-state index contributed by atoms with van der Waals surface area (Å²) in [5.41, 5.74) is 13.5. The van der Waals surface area contributed by atoms with Crippen molar-refractivity contribution in [2.45, 2.75) is 0 Å². The zero-order valence-electron chi connectivity index (χ0n) is 34.1. The Morgan fingerprint density at radius 3 is 1.40 bits per heavy atom. The second-order valence-corrected chi connectivity index (χ2v) is 16.8. The quantitative estimate of drug-likeness (QED) is 0.162. The minimum Gasteiger partial charge on any atom is -0.455 e. The molecule has 0 unspecified atom stereocenters. The third-order valence-electron chi connectivity index (χ3n) is 13.5. The molecule has 292 valence electrons. The first-order chi connectivity index (χ1) is 31.2. The van der Waals surface area contributed by atoms with Crippen molar-refractivity contribution in [3.05, 3.63) is 218 Å². The van der Waals surface area contributed by atoms with Gasteiger partial charge in [0.05, 0.1) is 16.6 Å². The topological polar surface area (TPSA) is 20.8 Å². The van der Waals surface area contributed by atoms with E-state index in [1.54, 1.807) is 0 Å². The predicted molar refractivity (Wildman–Crippen MR) is 266 cm³/mol. The molecule has 0 spiro atoms. The van der Waals surface area contributed by atoms with E-state index in [4.69, 9.17) is 4.42 Å². The molecule has 3 heteroatoms. The van der Waals surface area contributed by atoms with Crippen LogP contribution in [0.5, 0.6) is 0 Å². The fraction of sp³-hybridized carbons (Fsp3) is 0. The fourth-order valence-corrected chi connectivity index (χ4v) is 10.7. The molecule has 0 aliphatic carbocycles. The number of benzene rings is 11. The Kier molecular flexibility index (Phi) is 7.11. The SMILES string of the molecule is c1ccc2c(c1)oc1c(-c3ccc(N(c4ccc(-c5cc6c7ccccc7n7c8ccccc8c(c5)c67)cc4)c4ccc5c6ccccc6c6ccccc6c5c4)cc3)cccc12. The van der Waals surface area contributed by atoms with Gasteiger partial charge in [0.1, 0.15) is 11.2 Å². The molecular weight excluding hydrogens is 765 g/mol. The first-order valence-electron chi connectivity index (χ1n) is 21.7. The van der Waals surface area contributed by atoms with Gasteiger partial charge in [0.2, 0.25) is 0 Å². The highest BCUT2D eigenvalue weighted by atomic mass is 16.3. The van der Waals surface area contributed by atoms with E-state index in [1.165, 1.54) is 81.5 Å². The molecule has 0 radical (unpaired) electrons. The van der Waals surface area contributed by atoms with Gasteiger partial charge in [0, 0.05) is 54.9 Å². The number of rotatable bonds is 5. The van der Waals surface area contributed by atoms with Crippen LogP contribution in [0.15, 0.2) is 223 Å². The molecule has 14 rings (SSSR count). The van der Waals surface area contributed by atoms with E-state index in [1.807, 2.05) is 12.1 Å². The molecule has 0 bridgehead atoms. The summed E-state index contributed by atoms with van der Waals surface area (Å²) in [6.07, 6.45) is 0. The van der Waals surface area contributed by atoms with Crippen molar-refractivity contribution in [1.82, 2.24) is 4.40 Å². The average molecular weight is 801 g/mol. The average Bonchev–Trinajstić information content (AvgIpc) is 4.02. The number of hydrogen-bond acceptors (Lipinski definition) is 2. The molecular formula is C60H36N2O. The van der Waals surface area contributed by atoms with E-state index in [0.717, 1.165) is 50.1 Å². The van der Waals surface area contributed by atoms with Crippen LogP contribution in [0.4, 0.5) is 17.1 Å². The van der Waals surface area contributed by atoms with Crippen LogP contribution in [-0.2, 0) is 0 Å². The molecule has 11 aromatic carbocycles. The van der Waals surface area contributed by atoms with Crippen LogP contribution in [0.1, 0.15) is 0 Å². The number of para-hydroxylation sites is 4. The Balaban J connectivity index is 0.940. The van der Waals surface area contributed by atoms with E-state index in [0.29, 0.717) is 0 Å². The van der Waals surface area contributed by atoms with Crippen molar-refractivity contribution in [3.8, 4) is 22.3 Å². The van der Waals surface area contributed by atoms with Gasteiger partial charge in [-0.15, -0.1) is 0 Å². The molecule has 3 aromatic heterocycles. The number of furan rings is 1. The lowest BCUT2D eigenvalue weighted by molar-refractivity contribution is 0.670. The summed E-state index contributed by atoms with van der Waals surface area (Å²) >= 11 is 0. The highest BCUT2D eigenvalue weighted by molar-refractivity contribution is 6.26. The Bertz CT molecular complexity index is 4020. The molecule has 3 heterocycles. The van der Waals surface area contributed by atoms with E-state index < -0.39 is 0 Å². The summed E-state index contributed by atoms with van der Waals surface area (Å²) in [5.74, 6) is 0. The van der Waals surface area contributed by atoms with Gasteiger partial charge < -0.3 is 13.7 Å². The number of fused-ring (bicyclic) bond motifs is 15. The van der Waals surface area contributed by atoms with Gasteiger partial charge in [-0.05, 0) is 116 Å². The molecule has 0 amide bonds. The number of anilines is 3. The summed E-state index contributed by atoms with van der Waals surface area (Å²) in [5, 5.41) is 15.0. The summed E-state index contributed by atoms with van der Waals surface area (Å²) in [4.78, 5) is 2.39. The van der Waals surface area contributed by atoms with Gasteiger partial charge in [-0.1, -0.05) is 152 Å². The first kappa shape index (κ1) is 34.3. The van der Waals surface area contributed by atoms with Crippen LogP contribution in [-0.4, -0.2) is 4.40 Å². The van der Waals surface area contributed by atoms with Crippen molar-refractivity contribution < 1.29 is 4.42 Å². The second-order valence-electron chi connectivity index (χ2n) is 16.8. The largest absolute Gasteiger partial charge is 0.455 e. The molecule has 0 aliphatic heterocycles. The normalized spacial score (nSPS) is 12.1. The van der Waals surface area contributed by atoms with E-state index in [9.17, 15) is 0 Å². The lowest BCUT2D eigenvalue weighted by Crippen LogP contribution is -2.10. The summed E-state index contributed by atoms with van der Waals surface area (Å²) < 4.78 is 8.91. The highest BCUT2D eigenvalue weighted by Crippen LogP contribution is 2.45. The molecule has 3 nitrogen and oxygen atoms in total. The second kappa shape index (κ2) is 13.1. The molecule has 63 heavy (non-hydrogen) atoms. The van der Waals surface area contributed by atoms with Crippen LogP contribution in [0.3, 0.4) is 0 Å². The van der Waals surface area contributed by atoms with Crippen LogP contribution < -0.4 is 4.90 Å². The van der Waals surface area contributed by atoms with E-state index >= 15 is 0 Å². The van der Waals surface area contributed by atoms with Crippen LogP contribution >= 0.6 is 0 Å². The van der Waals surface area contributed by atoms with Crippen LogP contribution in [0, 0.1) is 0 Å². The molecule has 0 saturated carbocycles.